The van der Waals surface area contributed by atoms with E-state index in [0.717, 1.165) is 0 Å². The summed E-state index contributed by atoms with van der Waals surface area (Å²) in [6.07, 6.45) is 0. The van der Waals surface area contributed by atoms with Crippen molar-refractivity contribution < 1.29 is 18.6 Å². The van der Waals surface area contributed by atoms with Crippen LogP contribution >= 0.6 is 11.9 Å². The van der Waals surface area contributed by atoms with Crippen molar-refractivity contribution >= 4 is 23.8 Å². The molecule has 0 unspecified atom stereocenters. The van der Waals surface area contributed by atoms with Gasteiger partial charge in [0.25, 0.3) is 0 Å². The monoisotopic (exact) mass is 214 g/mol. The maximum Gasteiger partial charge on any atom is 0.356 e. The van der Waals surface area contributed by atoms with Crippen LogP contribution in [0.2, 0.25) is 0 Å². The molecule has 1 aromatic rings. The second kappa shape index (κ2) is 4.62. The van der Waals surface area contributed by atoms with Crippen LogP contribution in [0.5, 0.6) is 0 Å². The van der Waals surface area contributed by atoms with Gasteiger partial charge in [-0.25, -0.2) is 9.59 Å². The van der Waals surface area contributed by atoms with Gasteiger partial charge in [0.05, 0.1) is 18.2 Å². The molecule has 0 heterocycles. The molecule has 0 aliphatic carbocycles. The Bertz CT molecular complexity index is 309. The lowest BCUT2D eigenvalue weighted by Crippen LogP contribution is -2.03. The molecule has 14 heavy (non-hydrogen) atoms. The van der Waals surface area contributed by atoms with Gasteiger partial charge in [0.2, 0.25) is 0 Å². The van der Waals surface area contributed by atoms with Crippen LogP contribution in [0.15, 0.2) is 24.3 Å². The summed E-state index contributed by atoms with van der Waals surface area (Å²) in [5.74, 6) is -1.13. The summed E-state index contributed by atoms with van der Waals surface area (Å²) in [4.78, 5) is 21.9. The first-order valence-electron chi connectivity index (χ1n) is 3.70. The molecule has 1 rings (SSSR count). The zero-order valence-corrected chi connectivity index (χ0v) is 8.08. The number of carbonyl (C=O) groups is 2. The standard InChI is InChI=1S/C9H7ClO4/c1-13-8(11)6-2-4-7(5-3-6)9(12)14-10/h2-5H,1H3. The summed E-state index contributed by atoms with van der Waals surface area (Å²) in [5.41, 5.74) is 0.631. The molecule has 0 saturated heterocycles. The van der Waals surface area contributed by atoms with Crippen LogP contribution in [0.1, 0.15) is 20.7 Å². The molecule has 0 aliphatic rings. The number of hydrogen-bond donors (Lipinski definition) is 0. The van der Waals surface area contributed by atoms with Crippen LogP contribution in [0.4, 0.5) is 0 Å². The molecular weight excluding hydrogens is 208 g/mol. The largest absolute Gasteiger partial charge is 0.465 e. The average molecular weight is 215 g/mol. The van der Waals surface area contributed by atoms with E-state index in [1.165, 1.54) is 31.4 Å². The number of ether oxygens (including phenoxy) is 1. The summed E-state index contributed by atoms with van der Waals surface area (Å²) in [5, 5.41) is 0. The van der Waals surface area contributed by atoms with Crippen molar-refractivity contribution in [2.45, 2.75) is 0 Å². The first-order chi connectivity index (χ1) is 6.69. The highest BCUT2D eigenvalue weighted by atomic mass is 35.5. The van der Waals surface area contributed by atoms with Gasteiger partial charge in [-0.1, -0.05) is 0 Å². The number of methoxy groups -OCH3 is 1. The fourth-order valence-electron chi connectivity index (χ4n) is 0.905. The van der Waals surface area contributed by atoms with Gasteiger partial charge in [0, 0.05) is 0 Å². The predicted molar refractivity (Wildman–Crippen MR) is 49.1 cm³/mol. The van der Waals surface area contributed by atoms with Crippen molar-refractivity contribution in [3.63, 3.8) is 0 Å². The topological polar surface area (TPSA) is 52.6 Å². The van der Waals surface area contributed by atoms with Crippen molar-refractivity contribution in [2.24, 2.45) is 0 Å². The second-order valence-corrected chi connectivity index (χ2v) is 2.59. The van der Waals surface area contributed by atoms with Gasteiger partial charge in [0.1, 0.15) is 11.9 Å². The maximum absolute atomic E-state index is 11.0. The normalized spacial score (nSPS) is 9.29. The fourth-order valence-corrected chi connectivity index (χ4v) is 0.994. The van der Waals surface area contributed by atoms with Gasteiger partial charge in [-0.15, -0.1) is 0 Å². The summed E-state index contributed by atoms with van der Waals surface area (Å²) in [6.45, 7) is 0. The predicted octanol–water partition coefficient (Wildman–Crippen LogP) is 1.78. The van der Waals surface area contributed by atoms with Crippen molar-refractivity contribution in [1.29, 1.82) is 0 Å². The SMILES string of the molecule is COC(=O)c1ccc(C(=O)OCl)cc1. The van der Waals surface area contributed by atoms with Crippen molar-refractivity contribution in [2.75, 3.05) is 7.11 Å². The molecule has 0 amide bonds. The van der Waals surface area contributed by atoms with Gasteiger partial charge < -0.3 is 9.03 Å². The molecule has 1 aromatic carbocycles. The molecule has 0 atom stereocenters. The van der Waals surface area contributed by atoms with E-state index in [9.17, 15) is 9.59 Å². The zero-order valence-electron chi connectivity index (χ0n) is 7.32. The smallest absolute Gasteiger partial charge is 0.356 e. The summed E-state index contributed by atoms with van der Waals surface area (Å²) in [7, 11) is 1.28. The molecule has 74 valence electrons. The van der Waals surface area contributed by atoms with E-state index in [1.807, 2.05) is 0 Å². The summed E-state index contributed by atoms with van der Waals surface area (Å²) >= 11 is 4.87. The number of benzene rings is 1. The average Bonchev–Trinajstić information content (AvgIpc) is 2.27. The number of rotatable bonds is 2. The van der Waals surface area contributed by atoms with Crippen LogP contribution in [-0.4, -0.2) is 19.0 Å². The van der Waals surface area contributed by atoms with Crippen LogP contribution in [0, 0.1) is 0 Å². The Morgan fingerprint density at radius 2 is 1.50 bits per heavy atom. The third-order valence-corrected chi connectivity index (χ3v) is 1.75. The molecule has 0 N–H and O–H groups in total. The van der Waals surface area contributed by atoms with Crippen LogP contribution in [0.3, 0.4) is 0 Å². The summed E-state index contributed by atoms with van der Waals surface area (Å²) < 4.78 is 8.46. The minimum atomic E-state index is -0.664. The van der Waals surface area contributed by atoms with E-state index in [-0.39, 0.29) is 5.56 Å². The van der Waals surface area contributed by atoms with Crippen LogP contribution in [0.25, 0.3) is 0 Å². The van der Waals surface area contributed by atoms with Crippen LogP contribution < -0.4 is 0 Å². The molecule has 0 spiro atoms. The Balaban J connectivity index is 2.89. The van der Waals surface area contributed by atoms with E-state index >= 15 is 0 Å². The first kappa shape index (κ1) is 10.5. The van der Waals surface area contributed by atoms with Gasteiger partial charge in [-0.2, -0.15) is 0 Å². The third kappa shape index (κ3) is 2.23. The van der Waals surface area contributed by atoms with Crippen molar-refractivity contribution in [3.05, 3.63) is 35.4 Å². The highest BCUT2D eigenvalue weighted by molar-refractivity contribution is 6.15. The van der Waals surface area contributed by atoms with E-state index in [0.29, 0.717) is 5.56 Å². The molecule has 5 heteroatoms. The molecule has 0 fully saturated rings. The van der Waals surface area contributed by atoms with Gasteiger partial charge in [0.15, 0.2) is 0 Å². The van der Waals surface area contributed by atoms with Gasteiger partial charge in [-0.05, 0) is 24.3 Å². The highest BCUT2D eigenvalue weighted by Gasteiger charge is 2.08. The minimum Gasteiger partial charge on any atom is -0.465 e. The number of hydrogen-bond acceptors (Lipinski definition) is 4. The zero-order chi connectivity index (χ0) is 10.6. The second-order valence-electron chi connectivity index (χ2n) is 2.43. The quantitative estimate of drug-likeness (QED) is 0.705. The molecule has 4 nitrogen and oxygen atoms in total. The summed E-state index contributed by atoms with van der Waals surface area (Å²) in [6, 6.07) is 5.76. The Labute approximate surface area is 85.6 Å². The lowest BCUT2D eigenvalue weighted by atomic mass is 10.1. The van der Waals surface area contributed by atoms with Gasteiger partial charge in [-0.3, -0.25) is 0 Å². The highest BCUT2D eigenvalue weighted by Crippen LogP contribution is 2.07. The molecule has 0 saturated carbocycles. The molecule has 0 radical (unpaired) electrons. The Morgan fingerprint density at radius 1 is 1.07 bits per heavy atom. The number of carbonyl (C=O) groups excluding carboxylic acids is 2. The van der Waals surface area contributed by atoms with Crippen LogP contribution in [-0.2, 0) is 9.03 Å². The van der Waals surface area contributed by atoms with E-state index < -0.39 is 11.9 Å². The van der Waals surface area contributed by atoms with E-state index in [4.69, 9.17) is 11.9 Å². The Morgan fingerprint density at radius 3 is 1.86 bits per heavy atom. The molecule has 0 aromatic heterocycles. The van der Waals surface area contributed by atoms with Gasteiger partial charge >= 0.3 is 11.9 Å². The minimum absolute atomic E-state index is 0.271. The number of esters is 1. The molecule has 0 bridgehead atoms. The lowest BCUT2D eigenvalue weighted by molar-refractivity contribution is 0.0599. The van der Waals surface area contributed by atoms with Crippen molar-refractivity contribution in [3.8, 4) is 0 Å². The fraction of sp³-hybridized carbons (Fsp3) is 0.111. The number of halogens is 1. The maximum atomic E-state index is 11.0. The first-order valence-corrected chi connectivity index (χ1v) is 4.01. The van der Waals surface area contributed by atoms with E-state index in [2.05, 4.69) is 9.03 Å². The molecule has 0 aliphatic heterocycles. The third-order valence-electron chi connectivity index (χ3n) is 1.61. The Hall–Kier alpha value is -1.55. The lowest BCUT2D eigenvalue weighted by Gasteiger charge is -1.99. The molecular formula is C9H7ClO4. The Kier molecular flexibility index (Phi) is 3.48. The van der Waals surface area contributed by atoms with E-state index in [1.54, 1.807) is 0 Å². The van der Waals surface area contributed by atoms with Crippen molar-refractivity contribution in [1.82, 2.24) is 0 Å².